The number of aliphatic hydroxyl groups is 1. The van der Waals surface area contributed by atoms with Crippen LogP contribution in [0, 0.1) is 6.92 Å². The number of aryl methyl sites for hydroxylation is 1. The standard InChI is InChI=1S/C23H29NO4/c1-16-13-18(9-10-20(16)23(26)27)22-8-4-3-7-21(22)17(2)28-15-19(25)14-24-11-5-6-12-24/h3-4,7-10,13,17,19,25H,5-6,11-12,14-15H2,1-2H3,(H,26,27). The lowest BCUT2D eigenvalue weighted by atomic mass is 9.94. The maximum Gasteiger partial charge on any atom is 0.335 e. The number of carboxylic acids is 1. The van der Waals surface area contributed by atoms with Crippen LogP contribution in [0.5, 0.6) is 0 Å². The van der Waals surface area contributed by atoms with E-state index in [0.29, 0.717) is 18.7 Å². The fraction of sp³-hybridized carbons (Fsp3) is 0.435. The summed E-state index contributed by atoms with van der Waals surface area (Å²) in [5.74, 6) is -0.916. The molecule has 0 amide bonds. The third-order valence-electron chi connectivity index (χ3n) is 5.37. The van der Waals surface area contributed by atoms with E-state index in [-0.39, 0.29) is 6.10 Å². The minimum Gasteiger partial charge on any atom is -0.478 e. The summed E-state index contributed by atoms with van der Waals surface area (Å²) >= 11 is 0. The van der Waals surface area contributed by atoms with Gasteiger partial charge in [-0.15, -0.1) is 0 Å². The summed E-state index contributed by atoms with van der Waals surface area (Å²) in [5.41, 5.74) is 4.05. The van der Waals surface area contributed by atoms with Crippen LogP contribution in [0.15, 0.2) is 42.5 Å². The second-order valence-corrected chi connectivity index (χ2v) is 7.56. The highest BCUT2D eigenvalue weighted by Gasteiger charge is 2.18. The molecule has 28 heavy (non-hydrogen) atoms. The van der Waals surface area contributed by atoms with Gasteiger partial charge in [0, 0.05) is 6.54 Å². The molecule has 2 N–H and O–H groups in total. The number of ether oxygens (including phenoxy) is 1. The number of aliphatic hydroxyl groups excluding tert-OH is 1. The van der Waals surface area contributed by atoms with Crippen LogP contribution in [-0.4, -0.2) is 53.4 Å². The highest BCUT2D eigenvalue weighted by molar-refractivity contribution is 5.90. The Labute approximate surface area is 166 Å². The fourth-order valence-electron chi connectivity index (χ4n) is 3.85. The van der Waals surface area contributed by atoms with Gasteiger partial charge in [-0.1, -0.05) is 36.4 Å². The van der Waals surface area contributed by atoms with E-state index in [0.717, 1.165) is 35.3 Å². The summed E-state index contributed by atoms with van der Waals surface area (Å²) in [6.07, 6.45) is 1.74. The maximum atomic E-state index is 11.3. The summed E-state index contributed by atoms with van der Waals surface area (Å²) in [6, 6.07) is 13.4. The van der Waals surface area contributed by atoms with E-state index in [1.54, 1.807) is 6.07 Å². The largest absolute Gasteiger partial charge is 0.478 e. The van der Waals surface area contributed by atoms with Gasteiger partial charge in [-0.25, -0.2) is 4.79 Å². The molecule has 5 heteroatoms. The number of hydrogen-bond acceptors (Lipinski definition) is 4. The molecule has 3 rings (SSSR count). The maximum absolute atomic E-state index is 11.3. The molecule has 2 aromatic carbocycles. The molecular weight excluding hydrogens is 354 g/mol. The molecule has 5 nitrogen and oxygen atoms in total. The Hall–Kier alpha value is -2.21. The number of nitrogens with zero attached hydrogens (tertiary/aromatic N) is 1. The van der Waals surface area contributed by atoms with Gasteiger partial charge in [-0.05, 0) is 68.1 Å². The van der Waals surface area contributed by atoms with Crippen molar-refractivity contribution in [3.63, 3.8) is 0 Å². The number of β-amino-alcohol motifs (C(OH)–C–C–N with tert-alkyl or cyclic N) is 1. The lowest BCUT2D eigenvalue weighted by Gasteiger charge is -2.22. The molecule has 0 radical (unpaired) electrons. The predicted molar refractivity (Wildman–Crippen MR) is 110 cm³/mol. The fourth-order valence-corrected chi connectivity index (χ4v) is 3.85. The first-order chi connectivity index (χ1) is 13.5. The van der Waals surface area contributed by atoms with Crippen molar-refractivity contribution in [1.29, 1.82) is 0 Å². The van der Waals surface area contributed by atoms with E-state index in [4.69, 9.17) is 4.74 Å². The molecule has 2 aromatic rings. The molecule has 1 aliphatic rings. The van der Waals surface area contributed by atoms with E-state index >= 15 is 0 Å². The normalized spacial score (nSPS) is 16.8. The van der Waals surface area contributed by atoms with Gasteiger partial charge in [0.1, 0.15) is 0 Å². The van der Waals surface area contributed by atoms with Gasteiger partial charge in [0.05, 0.1) is 24.4 Å². The van der Waals surface area contributed by atoms with E-state index < -0.39 is 12.1 Å². The average molecular weight is 383 g/mol. The number of carboxylic acid groups (broad SMARTS) is 1. The smallest absolute Gasteiger partial charge is 0.335 e. The molecule has 1 fully saturated rings. The molecule has 2 unspecified atom stereocenters. The minimum absolute atomic E-state index is 0.177. The molecule has 1 heterocycles. The van der Waals surface area contributed by atoms with Crippen molar-refractivity contribution in [1.82, 2.24) is 4.90 Å². The summed E-state index contributed by atoms with van der Waals surface area (Å²) in [6.45, 7) is 6.86. The third-order valence-corrected chi connectivity index (χ3v) is 5.37. The van der Waals surface area contributed by atoms with Crippen LogP contribution in [0.25, 0.3) is 11.1 Å². The van der Waals surface area contributed by atoms with Crippen LogP contribution in [0.2, 0.25) is 0 Å². The molecule has 0 aliphatic carbocycles. The van der Waals surface area contributed by atoms with E-state index in [9.17, 15) is 15.0 Å². The van der Waals surface area contributed by atoms with Gasteiger partial charge >= 0.3 is 5.97 Å². The van der Waals surface area contributed by atoms with Crippen LogP contribution >= 0.6 is 0 Å². The lowest BCUT2D eigenvalue weighted by molar-refractivity contribution is -0.0131. The van der Waals surface area contributed by atoms with Crippen LogP contribution in [-0.2, 0) is 4.74 Å². The van der Waals surface area contributed by atoms with Gasteiger partial charge in [0.15, 0.2) is 0 Å². The second kappa shape index (κ2) is 9.32. The Bertz CT molecular complexity index is 814. The number of carbonyl (C=O) groups is 1. The zero-order valence-electron chi connectivity index (χ0n) is 16.6. The molecule has 1 aliphatic heterocycles. The average Bonchev–Trinajstić information content (AvgIpc) is 3.18. The summed E-state index contributed by atoms with van der Waals surface area (Å²) in [5, 5.41) is 19.5. The minimum atomic E-state index is -0.916. The Morgan fingerprint density at radius 1 is 1.18 bits per heavy atom. The molecule has 2 atom stereocenters. The van der Waals surface area contributed by atoms with Crippen molar-refractivity contribution in [3.05, 3.63) is 59.2 Å². The van der Waals surface area contributed by atoms with Gasteiger partial charge < -0.3 is 19.8 Å². The van der Waals surface area contributed by atoms with Crippen molar-refractivity contribution in [2.75, 3.05) is 26.2 Å². The topological polar surface area (TPSA) is 70.0 Å². The summed E-state index contributed by atoms with van der Waals surface area (Å²) in [4.78, 5) is 13.5. The zero-order valence-corrected chi connectivity index (χ0v) is 16.6. The number of likely N-dealkylation sites (tertiary alicyclic amines) is 1. The lowest BCUT2D eigenvalue weighted by Crippen LogP contribution is -2.33. The Kier molecular flexibility index (Phi) is 6.83. The van der Waals surface area contributed by atoms with Crippen LogP contribution < -0.4 is 0 Å². The van der Waals surface area contributed by atoms with Crippen LogP contribution in [0.1, 0.15) is 47.4 Å². The molecule has 0 spiro atoms. The molecule has 0 aromatic heterocycles. The SMILES string of the molecule is Cc1cc(-c2ccccc2C(C)OCC(O)CN2CCCC2)ccc1C(=O)O. The molecule has 0 bridgehead atoms. The highest BCUT2D eigenvalue weighted by atomic mass is 16.5. The second-order valence-electron chi connectivity index (χ2n) is 7.56. The van der Waals surface area contributed by atoms with Crippen molar-refractivity contribution in [2.24, 2.45) is 0 Å². The van der Waals surface area contributed by atoms with Crippen molar-refractivity contribution >= 4 is 5.97 Å². The van der Waals surface area contributed by atoms with E-state index in [1.165, 1.54) is 12.8 Å². The first kappa shape index (κ1) is 20.5. The van der Waals surface area contributed by atoms with E-state index in [1.807, 2.05) is 50.2 Å². The first-order valence-corrected chi connectivity index (χ1v) is 9.91. The van der Waals surface area contributed by atoms with Gasteiger partial charge in [0.25, 0.3) is 0 Å². The van der Waals surface area contributed by atoms with Crippen LogP contribution in [0.4, 0.5) is 0 Å². The molecule has 0 saturated carbocycles. The Balaban J connectivity index is 1.70. The predicted octanol–water partition coefficient (Wildman–Crippen LogP) is 3.89. The number of rotatable bonds is 8. The highest BCUT2D eigenvalue weighted by Crippen LogP contribution is 2.31. The number of aromatic carboxylic acids is 1. The number of hydrogen-bond donors (Lipinski definition) is 2. The monoisotopic (exact) mass is 383 g/mol. The van der Waals surface area contributed by atoms with Crippen LogP contribution in [0.3, 0.4) is 0 Å². The quantitative estimate of drug-likeness (QED) is 0.724. The van der Waals surface area contributed by atoms with Gasteiger partial charge in [0.2, 0.25) is 0 Å². The molecular formula is C23H29NO4. The summed E-state index contributed by atoms with van der Waals surface area (Å²) in [7, 11) is 0. The zero-order chi connectivity index (χ0) is 20.1. The van der Waals surface area contributed by atoms with Gasteiger partial charge in [-0.3, -0.25) is 0 Å². The summed E-state index contributed by atoms with van der Waals surface area (Å²) < 4.78 is 5.98. The first-order valence-electron chi connectivity index (χ1n) is 9.91. The van der Waals surface area contributed by atoms with Crippen molar-refractivity contribution in [2.45, 2.75) is 38.9 Å². The van der Waals surface area contributed by atoms with Crippen molar-refractivity contribution < 1.29 is 19.7 Å². The van der Waals surface area contributed by atoms with E-state index in [2.05, 4.69) is 4.90 Å². The Morgan fingerprint density at radius 3 is 2.57 bits per heavy atom. The number of benzene rings is 2. The van der Waals surface area contributed by atoms with Crippen molar-refractivity contribution in [3.8, 4) is 11.1 Å². The third kappa shape index (κ3) is 4.98. The Morgan fingerprint density at radius 2 is 1.89 bits per heavy atom. The van der Waals surface area contributed by atoms with Gasteiger partial charge in [-0.2, -0.15) is 0 Å². The molecule has 1 saturated heterocycles. The molecule has 150 valence electrons.